The second kappa shape index (κ2) is 8.39. The van der Waals surface area contributed by atoms with Crippen LogP contribution in [-0.4, -0.2) is 78.7 Å². The third-order valence-corrected chi connectivity index (χ3v) is 3.48. The molecule has 1 aliphatic rings. The van der Waals surface area contributed by atoms with Crippen molar-refractivity contribution in [3.8, 4) is 0 Å². The maximum absolute atomic E-state index is 9.64. The number of aliphatic hydroxyl groups is 2. The molecule has 1 saturated heterocycles. The van der Waals surface area contributed by atoms with Gasteiger partial charge in [-0.1, -0.05) is 0 Å². The molecule has 0 aromatic carbocycles. The fraction of sp³-hybridized carbons (Fsp3) is 0.714. The van der Waals surface area contributed by atoms with Crippen LogP contribution in [0.25, 0.3) is 0 Å². The summed E-state index contributed by atoms with van der Waals surface area (Å²) < 4.78 is 10.7. The first-order valence-corrected chi connectivity index (χ1v) is 7.11. The highest BCUT2D eigenvalue weighted by atomic mass is 16.5. The van der Waals surface area contributed by atoms with E-state index >= 15 is 0 Å². The highest BCUT2D eigenvalue weighted by Crippen LogP contribution is 2.07. The zero-order valence-corrected chi connectivity index (χ0v) is 11.8. The first-order chi connectivity index (χ1) is 9.78. The summed E-state index contributed by atoms with van der Waals surface area (Å²) >= 11 is 0. The summed E-state index contributed by atoms with van der Waals surface area (Å²) in [5.41, 5.74) is 0. The molecule has 1 fully saturated rings. The largest absolute Gasteiger partial charge is 0.468 e. The summed E-state index contributed by atoms with van der Waals surface area (Å²) in [4.78, 5) is 4.46. The molecule has 0 spiro atoms. The summed E-state index contributed by atoms with van der Waals surface area (Å²) in [6, 6.07) is 3.78. The van der Waals surface area contributed by atoms with E-state index in [0.29, 0.717) is 13.1 Å². The summed E-state index contributed by atoms with van der Waals surface area (Å²) in [5, 5.41) is 18.6. The summed E-state index contributed by atoms with van der Waals surface area (Å²) in [6.45, 7) is 6.13. The van der Waals surface area contributed by atoms with E-state index in [0.717, 1.165) is 45.2 Å². The first-order valence-electron chi connectivity index (χ1n) is 7.11. The molecule has 20 heavy (non-hydrogen) atoms. The van der Waals surface area contributed by atoms with Crippen LogP contribution in [-0.2, 0) is 11.3 Å². The van der Waals surface area contributed by atoms with Gasteiger partial charge in [-0.05, 0) is 12.1 Å². The van der Waals surface area contributed by atoms with Gasteiger partial charge in [0.15, 0.2) is 0 Å². The summed E-state index contributed by atoms with van der Waals surface area (Å²) in [6.07, 6.45) is 0.937. The third kappa shape index (κ3) is 5.22. The van der Waals surface area contributed by atoms with E-state index in [9.17, 15) is 5.11 Å². The van der Waals surface area contributed by atoms with Crippen molar-refractivity contribution in [2.24, 2.45) is 0 Å². The Morgan fingerprint density at radius 1 is 1.35 bits per heavy atom. The Morgan fingerprint density at radius 2 is 2.15 bits per heavy atom. The van der Waals surface area contributed by atoms with E-state index in [1.165, 1.54) is 0 Å². The van der Waals surface area contributed by atoms with Crippen molar-refractivity contribution in [2.75, 3.05) is 52.5 Å². The lowest BCUT2D eigenvalue weighted by atomic mass is 10.3. The smallest absolute Gasteiger partial charge is 0.117 e. The third-order valence-electron chi connectivity index (χ3n) is 3.48. The fourth-order valence-electron chi connectivity index (χ4n) is 2.32. The minimum Gasteiger partial charge on any atom is -0.468 e. The molecule has 1 aromatic heterocycles. The van der Waals surface area contributed by atoms with Crippen molar-refractivity contribution in [1.82, 2.24) is 9.80 Å². The summed E-state index contributed by atoms with van der Waals surface area (Å²) in [5.74, 6) is 0.872. The molecule has 2 heterocycles. The molecule has 0 bridgehead atoms. The number of aliphatic hydroxyl groups excluding tert-OH is 2. The van der Waals surface area contributed by atoms with E-state index < -0.39 is 6.10 Å². The Morgan fingerprint density at radius 3 is 2.80 bits per heavy atom. The van der Waals surface area contributed by atoms with Crippen molar-refractivity contribution < 1.29 is 19.4 Å². The molecule has 1 atom stereocenters. The quantitative estimate of drug-likeness (QED) is 0.687. The van der Waals surface area contributed by atoms with Gasteiger partial charge in [-0.3, -0.25) is 9.80 Å². The van der Waals surface area contributed by atoms with Gasteiger partial charge in [0, 0.05) is 32.7 Å². The van der Waals surface area contributed by atoms with Crippen LogP contribution in [0, 0.1) is 0 Å². The van der Waals surface area contributed by atoms with Crippen LogP contribution in [0.1, 0.15) is 5.76 Å². The van der Waals surface area contributed by atoms with Gasteiger partial charge in [0.05, 0.1) is 38.7 Å². The molecule has 2 rings (SSSR count). The zero-order chi connectivity index (χ0) is 14.2. The Bertz CT molecular complexity index is 352. The van der Waals surface area contributed by atoms with Gasteiger partial charge >= 0.3 is 0 Å². The molecule has 0 saturated carbocycles. The lowest BCUT2D eigenvalue weighted by molar-refractivity contribution is 0.0231. The molecule has 0 amide bonds. The van der Waals surface area contributed by atoms with Crippen molar-refractivity contribution in [2.45, 2.75) is 12.6 Å². The van der Waals surface area contributed by atoms with Crippen LogP contribution in [0.4, 0.5) is 0 Å². The molecule has 1 aromatic rings. The SMILES string of the molecule is OC[C@H](O)CN(CCN1CCOCC1)Cc1ccco1. The summed E-state index contributed by atoms with van der Waals surface area (Å²) in [7, 11) is 0. The monoisotopic (exact) mass is 284 g/mol. The number of rotatable bonds is 8. The Balaban J connectivity index is 1.81. The van der Waals surface area contributed by atoms with E-state index in [4.69, 9.17) is 14.3 Å². The normalized spacial score (nSPS) is 18.6. The van der Waals surface area contributed by atoms with Crippen molar-refractivity contribution >= 4 is 0 Å². The molecule has 0 aliphatic carbocycles. The van der Waals surface area contributed by atoms with Gasteiger partial charge in [0.2, 0.25) is 0 Å². The Hall–Kier alpha value is -0.920. The molecule has 114 valence electrons. The minimum absolute atomic E-state index is 0.216. The van der Waals surface area contributed by atoms with Crippen molar-refractivity contribution in [1.29, 1.82) is 0 Å². The molecule has 6 heteroatoms. The molecule has 6 nitrogen and oxygen atoms in total. The van der Waals surface area contributed by atoms with Gasteiger partial charge in [-0.15, -0.1) is 0 Å². The molecule has 1 aliphatic heterocycles. The molecule has 0 unspecified atom stereocenters. The van der Waals surface area contributed by atoms with E-state index in [1.807, 2.05) is 12.1 Å². The molecule has 2 N–H and O–H groups in total. The Kier molecular flexibility index (Phi) is 6.49. The van der Waals surface area contributed by atoms with Crippen molar-refractivity contribution in [3.63, 3.8) is 0 Å². The van der Waals surface area contributed by atoms with Gasteiger partial charge < -0.3 is 19.4 Å². The van der Waals surface area contributed by atoms with Gasteiger partial charge in [0.25, 0.3) is 0 Å². The lowest BCUT2D eigenvalue weighted by Gasteiger charge is -2.30. The maximum atomic E-state index is 9.64. The molecular weight excluding hydrogens is 260 g/mol. The minimum atomic E-state index is -0.713. The van der Waals surface area contributed by atoms with Crippen LogP contribution >= 0.6 is 0 Å². The van der Waals surface area contributed by atoms with Gasteiger partial charge in [0.1, 0.15) is 5.76 Å². The molecule has 0 radical (unpaired) electrons. The first kappa shape index (κ1) is 15.5. The Labute approximate surface area is 119 Å². The maximum Gasteiger partial charge on any atom is 0.117 e. The number of hydrogen-bond acceptors (Lipinski definition) is 6. The van der Waals surface area contributed by atoms with Crippen LogP contribution in [0.5, 0.6) is 0 Å². The van der Waals surface area contributed by atoms with Gasteiger partial charge in [-0.25, -0.2) is 0 Å². The topological polar surface area (TPSA) is 69.3 Å². The lowest BCUT2D eigenvalue weighted by Crippen LogP contribution is -2.43. The van der Waals surface area contributed by atoms with E-state index in [1.54, 1.807) is 6.26 Å². The molecular formula is C14H24N2O4. The standard InChI is InChI=1S/C14H24N2O4/c17-12-13(18)10-16(11-14-2-1-7-20-14)4-3-15-5-8-19-9-6-15/h1-2,7,13,17-18H,3-6,8-12H2/t13-/m1/s1. The average Bonchev–Trinajstić information content (AvgIpc) is 2.98. The number of furan rings is 1. The van der Waals surface area contributed by atoms with E-state index in [-0.39, 0.29) is 6.61 Å². The van der Waals surface area contributed by atoms with Crippen molar-refractivity contribution in [3.05, 3.63) is 24.2 Å². The van der Waals surface area contributed by atoms with Crippen LogP contribution in [0.3, 0.4) is 0 Å². The number of morpholine rings is 1. The predicted octanol–water partition coefficient (Wildman–Crippen LogP) is -0.233. The van der Waals surface area contributed by atoms with Crippen LogP contribution in [0.15, 0.2) is 22.8 Å². The van der Waals surface area contributed by atoms with E-state index in [2.05, 4.69) is 9.80 Å². The zero-order valence-electron chi connectivity index (χ0n) is 11.8. The van der Waals surface area contributed by atoms with Crippen LogP contribution < -0.4 is 0 Å². The second-order valence-electron chi connectivity index (χ2n) is 5.10. The van der Waals surface area contributed by atoms with Gasteiger partial charge in [-0.2, -0.15) is 0 Å². The number of ether oxygens (including phenoxy) is 1. The van der Waals surface area contributed by atoms with Crippen LogP contribution in [0.2, 0.25) is 0 Å². The number of nitrogens with zero attached hydrogens (tertiary/aromatic N) is 2. The highest BCUT2D eigenvalue weighted by molar-refractivity contribution is 4.98. The highest BCUT2D eigenvalue weighted by Gasteiger charge is 2.16. The second-order valence-corrected chi connectivity index (χ2v) is 5.10. The number of hydrogen-bond donors (Lipinski definition) is 2. The fourth-order valence-corrected chi connectivity index (χ4v) is 2.32. The predicted molar refractivity (Wildman–Crippen MR) is 74.3 cm³/mol. The average molecular weight is 284 g/mol.